The number of rotatable bonds is 8. The molecule has 0 bridgehead atoms. The summed E-state index contributed by atoms with van der Waals surface area (Å²) in [6.07, 6.45) is 13.3. The summed E-state index contributed by atoms with van der Waals surface area (Å²) in [7, 11) is 1.99. The van der Waals surface area contributed by atoms with Crippen LogP contribution in [0.15, 0.2) is 37.4 Å². The molecule has 114 valence electrons. The Balaban J connectivity index is 1.47. The Kier molecular flexibility index (Phi) is 5.81. The highest BCUT2D eigenvalue weighted by Crippen LogP contribution is 1.90. The number of nitrogens with one attached hydrogen (secondary N) is 2. The molecule has 0 aliphatic carbocycles. The van der Waals surface area contributed by atoms with Gasteiger partial charge in [0, 0.05) is 38.4 Å². The minimum Gasteiger partial charge on any atom is -0.338 e. The van der Waals surface area contributed by atoms with Gasteiger partial charge < -0.3 is 15.2 Å². The van der Waals surface area contributed by atoms with E-state index in [0.29, 0.717) is 13.1 Å². The fourth-order valence-corrected chi connectivity index (χ4v) is 2.04. The third-order valence-corrected chi connectivity index (χ3v) is 3.14. The molecule has 0 aromatic carbocycles. The van der Waals surface area contributed by atoms with E-state index in [9.17, 15) is 4.79 Å². The highest BCUT2D eigenvalue weighted by molar-refractivity contribution is 5.73. The van der Waals surface area contributed by atoms with Gasteiger partial charge in [-0.1, -0.05) is 0 Å². The Labute approximate surface area is 124 Å². The molecule has 7 nitrogen and oxygen atoms in total. The molecule has 0 saturated heterocycles. The zero-order valence-electron chi connectivity index (χ0n) is 12.4. The first kappa shape index (κ1) is 15.1. The second-order valence-electron chi connectivity index (χ2n) is 5.01. The van der Waals surface area contributed by atoms with Gasteiger partial charge in [-0.25, -0.2) is 18.9 Å². The molecule has 2 amide bonds. The molecule has 0 aliphatic heterocycles. The van der Waals surface area contributed by atoms with E-state index >= 15 is 0 Å². The molecular weight excluding hydrogens is 268 g/mol. The van der Waals surface area contributed by atoms with E-state index < -0.39 is 0 Å². The van der Waals surface area contributed by atoms with Gasteiger partial charge >= 0.3 is 6.03 Å². The summed E-state index contributed by atoms with van der Waals surface area (Å²) in [4.78, 5) is 15.5. The van der Waals surface area contributed by atoms with Crippen molar-refractivity contribution in [2.24, 2.45) is 7.05 Å². The third-order valence-electron chi connectivity index (χ3n) is 3.14. The first-order valence-electron chi connectivity index (χ1n) is 7.22. The van der Waals surface area contributed by atoms with E-state index in [1.165, 1.54) is 0 Å². The van der Waals surface area contributed by atoms with Crippen LogP contribution in [-0.4, -0.2) is 33.2 Å². The predicted molar refractivity (Wildman–Crippen MR) is 78.5 cm³/mol. The van der Waals surface area contributed by atoms with E-state index in [1.54, 1.807) is 12.5 Å². The molecule has 0 aliphatic rings. The predicted octanol–water partition coefficient (Wildman–Crippen LogP) is 0.289. The van der Waals surface area contributed by atoms with Gasteiger partial charge in [0.15, 0.2) is 0 Å². The summed E-state index contributed by atoms with van der Waals surface area (Å²) in [6.45, 7) is 3.11. The molecule has 2 N–H and O–H groups in total. The zero-order chi connectivity index (χ0) is 14.9. The maximum absolute atomic E-state index is 11.6. The monoisotopic (exact) mass is 291 g/mol. The number of urea groups is 1. The Hall–Kier alpha value is -2.31. The van der Waals surface area contributed by atoms with Gasteiger partial charge in [-0.05, 0) is 6.42 Å². The number of aromatic nitrogens is 4. The van der Waals surface area contributed by atoms with E-state index in [2.05, 4.69) is 20.2 Å². The van der Waals surface area contributed by atoms with Gasteiger partial charge in [-0.15, -0.1) is 0 Å². The van der Waals surface area contributed by atoms with Crippen LogP contribution >= 0.6 is 0 Å². The zero-order valence-corrected chi connectivity index (χ0v) is 12.4. The summed E-state index contributed by atoms with van der Waals surface area (Å²) in [5.41, 5.74) is 0. The minimum atomic E-state index is -0.0984. The highest BCUT2D eigenvalue weighted by Gasteiger charge is 2.01. The van der Waals surface area contributed by atoms with Crippen molar-refractivity contribution >= 4 is 6.03 Å². The molecule has 2 heterocycles. The molecule has 0 spiro atoms. The van der Waals surface area contributed by atoms with Crippen LogP contribution in [0, 0.1) is 0 Å². The lowest BCUT2D eigenvalue weighted by Crippen LogP contribution is -2.37. The number of hydrogen-bond donors (Lipinski definition) is 2. The second-order valence-corrected chi connectivity index (χ2v) is 5.01. The van der Waals surface area contributed by atoms with Gasteiger partial charge in [0.05, 0.1) is 19.9 Å². The van der Waals surface area contributed by atoms with Crippen molar-refractivity contribution in [3.05, 3.63) is 37.4 Å². The minimum absolute atomic E-state index is 0.0984. The van der Waals surface area contributed by atoms with Crippen molar-refractivity contribution in [2.45, 2.75) is 25.9 Å². The number of amides is 2. The first-order chi connectivity index (χ1) is 10.2. The van der Waals surface area contributed by atoms with Gasteiger partial charge in [0.1, 0.15) is 12.4 Å². The fraction of sp³-hybridized carbons (Fsp3) is 0.500. The molecule has 2 aromatic rings. The molecular formula is C14H23N6O+. The second kappa shape index (κ2) is 8.08. The summed E-state index contributed by atoms with van der Waals surface area (Å²) in [5, 5.41) is 5.72. The number of carbonyl (C=O) groups is 1. The van der Waals surface area contributed by atoms with Gasteiger partial charge in [-0.2, -0.15) is 0 Å². The lowest BCUT2D eigenvalue weighted by Gasteiger charge is -2.07. The largest absolute Gasteiger partial charge is 0.338 e. The third kappa shape index (κ3) is 5.68. The van der Waals surface area contributed by atoms with Crippen molar-refractivity contribution in [3.63, 3.8) is 0 Å². The van der Waals surface area contributed by atoms with E-state index in [-0.39, 0.29) is 6.03 Å². The smallest absolute Gasteiger partial charge is 0.314 e. The Morgan fingerprint density at radius 2 is 1.86 bits per heavy atom. The molecule has 0 unspecified atom stereocenters. The quantitative estimate of drug-likeness (QED) is 0.542. The summed E-state index contributed by atoms with van der Waals surface area (Å²) in [5.74, 6) is 0. The molecule has 0 radical (unpaired) electrons. The highest BCUT2D eigenvalue weighted by atomic mass is 16.2. The van der Waals surface area contributed by atoms with Crippen LogP contribution in [0.5, 0.6) is 0 Å². The number of nitrogens with zero attached hydrogens (tertiary/aromatic N) is 4. The van der Waals surface area contributed by atoms with Gasteiger partial charge in [0.25, 0.3) is 0 Å². The average Bonchev–Trinajstić information content (AvgIpc) is 3.11. The summed E-state index contributed by atoms with van der Waals surface area (Å²) in [6, 6.07) is -0.0984. The molecule has 0 saturated carbocycles. The molecule has 21 heavy (non-hydrogen) atoms. The SMILES string of the molecule is C[n+]1ccn(CCCNC(=O)NCCCn2ccnc2)c1. The fourth-order valence-electron chi connectivity index (χ4n) is 2.04. The topological polar surface area (TPSA) is 67.8 Å². The van der Waals surface area contributed by atoms with Crippen LogP contribution in [0.2, 0.25) is 0 Å². The van der Waals surface area contributed by atoms with Crippen LogP contribution in [0.4, 0.5) is 4.79 Å². The number of aryl methyl sites for hydroxylation is 3. The van der Waals surface area contributed by atoms with Crippen LogP contribution in [-0.2, 0) is 20.1 Å². The van der Waals surface area contributed by atoms with E-state index in [0.717, 1.165) is 25.9 Å². The van der Waals surface area contributed by atoms with Crippen molar-refractivity contribution in [1.29, 1.82) is 0 Å². The standard InChI is InChI=1S/C14H22N6O/c1-18-10-11-20(13-18)8-3-5-17-14(21)16-4-2-7-19-9-6-15-12-19/h6,9-13H,2-5,7-8H2,1H3,(H-,16,17,21)/p+1. The molecule has 0 atom stereocenters. The number of imidazole rings is 2. The van der Waals surface area contributed by atoms with Crippen LogP contribution in [0.25, 0.3) is 0 Å². The molecule has 0 fully saturated rings. The van der Waals surface area contributed by atoms with E-state index in [4.69, 9.17) is 0 Å². The molecule has 2 rings (SSSR count). The number of carbonyl (C=O) groups excluding carboxylic acids is 1. The maximum Gasteiger partial charge on any atom is 0.314 e. The lowest BCUT2D eigenvalue weighted by molar-refractivity contribution is -0.671. The van der Waals surface area contributed by atoms with Crippen LogP contribution in [0.3, 0.4) is 0 Å². The van der Waals surface area contributed by atoms with Crippen molar-refractivity contribution in [3.8, 4) is 0 Å². The number of hydrogen-bond acceptors (Lipinski definition) is 2. The Morgan fingerprint density at radius 1 is 1.14 bits per heavy atom. The van der Waals surface area contributed by atoms with Crippen LogP contribution < -0.4 is 15.2 Å². The van der Waals surface area contributed by atoms with Gasteiger partial charge in [0.2, 0.25) is 6.33 Å². The Bertz CT molecular complexity index is 533. The van der Waals surface area contributed by atoms with Crippen molar-refractivity contribution in [1.82, 2.24) is 24.8 Å². The van der Waals surface area contributed by atoms with Gasteiger partial charge in [-0.3, -0.25) is 0 Å². The molecule has 7 heteroatoms. The lowest BCUT2D eigenvalue weighted by atomic mass is 10.4. The first-order valence-corrected chi connectivity index (χ1v) is 7.22. The average molecular weight is 291 g/mol. The van der Waals surface area contributed by atoms with E-state index in [1.807, 2.05) is 41.1 Å². The van der Waals surface area contributed by atoms with Crippen molar-refractivity contribution < 1.29 is 9.36 Å². The van der Waals surface area contributed by atoms with Crippen LogP contribution in [0.1, 0.15) is 12.8 Å². The maximum atomic E-state index is 11.6. The summed E-state index contributed by atoms with van der Waals surface area (Å²) < 4.78 is 6.10. The molecule has 2 aromatic heterocycles. The Morgan fingerprint density at radius 3 is 2.43 bits per heavy atom. The summed E-state index contributed by atoms with van der Waals surface area (Å²) >= 11 is 0. The normalized spacial score (nSPS) is 10.5. The van der Waals surface area contributed by atoms with Crippen molar-refractivity contribution in [2.75, 3.05) is 13.1 Å².